The van der Waals surface area contributed by atoms with Crippen LogP contribution in [0.15, 0.2) is 39.7 Å². The van der Waals surface area contributed by atoms with Gasteiger partial charge in [-0.3, -0.25) is 4.72 Å². The van der Waals surface area contributed by atoms with Gasteiger partial charge in [-0.25, -0.2) is 21.6 Å². The topological polar surface area (TPSA) is 72.2 Å². The van der Waals surface area contributed by atoms with Crippen molar-refractivity contribution in [3.05, 3.63) is 52.3 Å². The molecule has 3 N–H and O–H groups in total. The first-order chi connectivity index (χ1) is 9.70. The van der Waals surface area contributed by atoms with Gasteiger partial charge in [-0.2, -0.15) is 0 Å². The van der Waals surface area contributed by atoms with Gasteiger partial charge in [-0.1, -0.05) is 0 Å². The molecule has 0 atom stereocenters. The predicted octanol–water partition coefficient (Wildman–Crippen LogP) is 3.25. The van der Waals surface area contributed by atoms with Gasteiger partial charge in [-0.15, -0.1) is 0 Å². The third-order valence-corrected chi connectivity index (χ3v) is 4.56. The van der Waals surface area contributed by atoms with Crippen molar-refractivity contribution in [3.63, 3.8) is 0 Å². The third kappa shape index (κ3) is 3.30. The molecule has 0 saturated heterocycles. The number of benzene rings is 2. The van der Waals surface area contributed by atoms with Crippen LogP contribution in [-0.4, -0.2) is 8.42 Å². The molecule has 0 spiro atoms. The highest BCUT2D eigenvalue weighted by Gasteiger charge is 2.20. The molecule has 2 aromatic carbocycles. The Balaban J connectivity index is 2.44. The minimum atomic E-state index is -4.25. The molecule has 0 unspecified atom stereocenters. The Morgan fingerprint density at radius 2 is 1.62 bits per heavy atom. The van der Waals surface area contributed by atoms with Crippen molar-refractivity contribution in [1.82, 2.24) is 0 Å². The van der Waals surface area contributed by atoms with E-state index in [-0.39, 0.29) is 4.90 Å². The number of hydrogen-bond acceptors (Lipinski definition) is 3. The van der Waals surface area contributed by atoms with Crippen LogP contribution in [0.1, 0.15) is 0 Å². The van der Waals surface area contributed by atoms with Gasteiger partial charge >= 0.3 is 0 Å². The number of hydrogen-bond donors (Lipinski definition) is 2. The molecule has 4 nitrogen and oxygen atoms in total. The maximum absolute atomic E-state index is 13.5. The maximum atomic E-state index is 13.5. The lowest BCUT2D eigenvalue weighted by Gasteiger charge is -2.11. The average molecular weight is 381 g/mol. The first-order valence-electron chi connectivity index (χ1n) is 5.43. The fourth-order valence-corrected chi connectivity index (χ4v) is 3.14. The zero-order valence-electron chi connectivity index (χ0n) is 10.2. The quantitative estimate of drug-likeness (QED) is 0.802. The summed E-state index contributed by atoms with van der Waals surface area (Å²) >= 11 is 3.05. The largest absolute Gasteiger partial charge is 0.398 e. The second kappa shape index (κ2) is 5.57. The Kier molecular flexibility index (Phi) is 4.15. The van der Waals surface area contributed by atoms with E-state index in [0.717, 1.165) is 0 Å². The Labute approximate surface area is 127 Å². The van der Waals surface area contributed by atoms with E-state index < -0.39 is 33.2 Å². The molecule has 2 aromatic rings. The minimum absolute atomic E-state index is 0.258. The molecule has 0 bridgehead atoms. The summed E-state index contributed by atoms with van der Waals surface area (Å²) in [6, 6.07) is 4.41. The van der Waals surface area contributed by atoms with Crippen molar-refractivity contribution in [2.45, 2.75) is 4.90 Å². The highest BCUT2D eigenvalue weighted by Crippen LogP contribution is 2.27. The van der Waals surface area contributed by atoms with Gasteiger partial charge in [0.25, 0.3) is 10.0 Å². The van der Waals surface area contributed by atoms with Gasteiger partial charge in [-0.05, 0) is 34.1 Å². The number of anilines is 2. The predicted molar refractivity (Wildman–Crippen MR) is 75.7 cm³/mol. The molecule has 112 valence electrons. The van der Waals surface area contributed by atoms with Crippen molar-refractivity contribution in [1.29, 1.82) is 0 Å². The van der Waals surface area contributed by atoms with E-state index in [2.05, 4.69) is 15.9 Å². The molecule has 0 aliphatic rings. The third-order valence-electron chi connectivity index (χ3n) is 2.53. The van der Waals surface area contributed by atoms with Crippen LogP contribution in [0.4, 0.5) is 24.5 Å². The molecule has 0 amide bonds. The zero-order chi connectivity index (χ0) is 15.8. The van der Waals surface area contributed by atoms with Gasteiger partial charge in [0.1, 0.15) is 11.5 Å². The van der Waals surface area contributed by atoms with Crippen molar-refractivity contribution in [3.8, 4) is 0 Å². The van der Waals surface area contributed by atoms with E-state index >= 15 is 0 Å². The molecular formula is C12H8BrF3N2O2S. The summed E-state index contributed by atoms with van der Waals surface area (Å²) in [5.41, 5.74) is 4.87. The van der Waals surface area contributed by atoms with Crippen LogP contribution in [0.25, 0.3) is 0 Å². The molecular weight excluding hydrogens is 373 g/mol. The molecule has 0 fully saturated rings. The summed E-state index contributed by atoms with van der Waals surface area (Å²) < 4.78 is 65.9. The molecule has 21 heavy (non-hydrogen) atoms. The number of nitrogen functional groups attached to an aromatic ring is 1. The first-order valence-corrected chi connectivity index (χ1v) is 7.71. The molecule has 9 heteroatoms. The Morgan fingerprint density at radius 3 is 2.14 bits per heavy atom. The van der Waals surface area contributed by atoms with Crippen LogP contribution >= 0.6 is 15.9 Å². The van der Waals surface area contributed by atoms with E-state index in [1.165, 1.54) is 18.2 Å². The SMILES string of the molecule is Nc1ccc(S(=O)(=O)Nc2c(F)cc(F)cc2F)cc1Br. The number of sulfonamides is 1. The van der Waals surface area contributed by atoms with Gasteiger partial charge in [0.2, 0.25) is 0 Å². The Hall–Kier alpha value is -1.74. The van der Waals surface area contributed by atoms with Gasteiger partial charge in [0, 0.05) is 22.3 Å². The van der Waals surface area contributed by atoms with Crippen LogP contribution < -0.4 is 10.5 Å². The van der Waals surface area contributed by atoms with Crippen LogP contribution in [0.3, 0.4) is 0 Å². The lowest BCUT2D eigenvalue weighted by molar-refractivity contribution is 0.547. The molecule has 0 aliphatic heterocycles. The lowest BCUT2D eigenvalue weighted by atomic mass is 10.3. The molecule has 0 aromatic heterocycles. The van der Waals surface area contributed by atoms with Gasteiger partial charge in [0.05, 0.1) is 4.90 Å². The molecule has 0 saturated carbocycles. The van der Waals surface area contributed by atoms with Crippen LogP contribution in [-0.2, 0) is 10.0 Å². The summed E-state index contributed by atoms with van der Waals surface area (Å²) in [5.74, 6) is -3.86. The number of nitrogens with one attached hydrogen (secondary N) is 1. The smallest absolute Gasteiger partial charge is 0.262 e. The number of nitrogens with two attached hydrogens (primary N) is 1. The van der Waals surface area contributed by atoms with E-state index in [4.69, 9.17) is 5.73 Å². The Morgan fingerprint density at radius 1 is 1.05 bits per heavy atom. The zero-order valence-corrected chi connectivity index (χ0v) is 12.6. The summed E-state index contributed by atoms with van der Waals surface area (Å²) in [7, 11) is -4.25. The minimum Gasteiger partial charge on any atom is -0.398 e. The number of rotatable bonds is 3. The van der Waals surface area contributed by atoms with E-state index in [9.17, 15) is 21.6 Å². The van der Waals surface area contributed by atoms with Crippen molar-refractivity contribution >= 4 is 37.3 Å². The highest BCUT2D eigenvalue weighted by molar-refractivity contribution is 9.10. The van der Waals surface area contributed by atoms with Gasteiger partial charge < -0.3 is 5.73 Å². The average Bonchev–Trinajstić information content (AvgIpc) is 2.37. The first kappa shape index (κ1) is 15.6. The Bertz CT molecular complexity index is 789. The molecule has 0 aliphatic carbocycles. The normalized spacial score (nSPS) is 11.4. The van der Waals surface area contributed by atoms with E-state index in [1.807, 2.05) is 0 Å². The monoisotopic (exact) mass is 380 g/mol. The maximum Gasteiger partial charge on any atom is 0.262 e. The van der Waals surface area contributed by atoms with Crippen LogP contribution in [0.2, 0.25) is 0 Å². The fourth-order valence-electron chi connectivity index (χ4n) is 1.51. The number of halogens is 4. The molecule has 2 rings (SSSR count). The van der Waals surface area contributed by atoms with Crippen molar-refractivity contribution in [2.75, 3.05) is 10.5 Å². The van der Waals surface area contributed by atoms with Crippen LogP contribution in [0, 0.1) is 17.5 Å². The summed E-state index contributed by atoms with van der Waals surface area (Å²) in [5, 5.41) is 0. The molecule has 0 radical (unpaired) electrons. The van der Waals surface area contributed by atoms with E-state index in [1.54, 1.807) is 4.72 Å². The second-order valence-corrected chi connectivity index (χ2v) is 6.57. The van der Waals surface area contributed by atoms with Crippen molar-refractivity contribution < 1.29 is 21.6 Å². The van der Waals surface area contributed by atoms with Crippen LogP contribution in [0.5, 0.6) is 0 Å². The fraction of sp³-hybridized carbons (Fsp3) is 0. The van der Waals surface area contributed by atoms with E-state index in [0.29, 0.717) is 22.3 Å². The highest BCUT2D eigenvalue weighted by atomic mass is 79.9. The standard InChI is InChI=1S/C12H8BrF3N2O2S/c13-8-5-7(1-2-11(8)17)21(19,20)18-12-9(15)3-6(14)4-10(12)16/h1-5,18H,17H2. The van der Waals surface area contributed by atoms with Crippen molar-refractivity contribution in [2.24, 2.45) is 0 Å². The van der Waals surface area contributed by atoms with Gasteiger partial charge in [0.15, 0.2) is 11.6 Å². The summed E-state index contributed by atoms with van der Waals surface area (Å²) in [6.45, 7) is 0. The molecule has 0 heterocycles. The lowest BCUT2D eigenvalue weighted by Crippen LogP contribution is -2.15. The summed E-state index contributed by atoms with van der Waals surface area (Å²) in [4.78, 5) is -0.258. The summed E-state index contributed by atoms with van der Waals surface area (Å²) in [6.07, 6.45) is 0. The second-order valence-electron chi connectivity index (χ2n) is 4.03.